The van der Waals surface area contributed by atoms with Gasteiger partial charge in [0.05, 0.1) is 36.1 Å². The quantitative estimate of drug-likeness (QED) is 0.307. The third kappa shape index (κ3) is 4.86. The van der Waals surface area contributed by atoms with Crippen LogP contribution < -0.4 is 19.6 Å². The Morgan fingerprint density at radius 2 is 1.77 bits per heavy atom. The van der Waals surface area contributed by atoms with Crippen LogP contribution in [0.5, 0.6) is 5.75 Å². The van der Waals surface area contributed by atoms with Crippen molar-refractivity contribution < 1.29 is 23.8 Å². The van der Waals surface area contributed by atoms with E-state index < -0.39 is 12.0 Å². The number of carbonyl (C=O) groups excluding carboxylic acids is 2. The summed E-state index contributed by atoms with van der Waals surface area (Å²) in [7, 11) is 1.55. The second-order valence-electron chi connectivity index (χ2n) is 9.08. The van der Waals surface area contributed by atoms with Crippen LogP contribution in [0.2, 0.25) is 0 Å². The van der Waals surface area contributed by atoms with Crippen molar-refractivity contribution in [3.8, 4) is 5.75 Å². The zero-order chi connectivity index (χ0) is 28.4. The molecule has 40 heavy (non-hydrogen) atoms. The van der Waals surface area contributed by atoms with Crippen molar-refractivity contribution in [1.82, 2.24) is 9.13 Å². The fourth-order valence-corrected chi connectivity index (χ4v) is 6.02. The summed E-state index contributed by atoms with van der Waals surface area (Å²) in [5, 5.41) is 0.891. The molecule has 0 amide bonds. The van der Waals surface area contributed by atoms with Crippen LogP contribution in [0.4, 0.5) is 0 Å². The van der Waals surface area contributed by atoms with Gasteiger partial charge < -0.3 is 18.8 Å². The number of aromatic nitrogens is 2. The molecule has 0 bridgehead atoms. The average Bonchev–Trinajstić information content (AvgIpc) is 3.44. The molecule has 1 aliphatic rings. The van der Waals surface area contributed by atoms with E-state index in [0.29, 0.717) is 33.0 Å². The number of ether oxygens (including phenoxy) is 3. The van der Waals surface area contributed by atoms with E-state index in [1.54, 1.807) is 40.0 Å². The molecule has 0 spiro atoms. The highest BCUT2D eigenvalue weighted by atomic mass is 32.1. The molecule has 0 unspecified atom stereocenters. The van der Waals surface area contributed by atoms with Crippen molar-refractivity contribution in [3.63, 3.8) is 0 Å². The van der Waals surface area contributed by atoms with E-state index in [1.807, 2.05) is 53.2 Å². The SMILES string of the molecule is CCOC(=O)Cn1cc(/C=c2\sc3n(c2=O)[C@@H](c2ccccc2OC)C(C(=O)OCC)=C(C)N=3)c2ccccc21. The van der Waals surface area contributed by atoms with E-state index in [1.165, 1.54) is 15.9 Å². The predicted octanol–water partition coefficient (Wildman–Crippen LogP) is 3.32. The summed E-state index contributed by atoms with van der Waals surface area (Å²) in [4.78, 5) is 44.5. The van der Waals surface area contributed by atoms with Crippen LogP contribution in [0, 0.1) is 0 Å². The third-order valence-electron chi connectivity index (χ3n) is 6.66. The van der Waals surface area contributed by atoms with Crippen LogP contribution in [-0.2, 0) is 25.6 Å². The first-order valence-electron chi connectivity index (χ1n) is 12.9. The van der Waals surface area contributed by atoms with E-state index >= 15 is 0 Å². The van der Waals surface area contributed by atoms with Crippen molar-refractivity contribution in [3.05, 3.63) is 96.8 Å². The Labute approximate surface area is 234 Å². The van der Waals surface area contributed by atoms with E-state index in [-0.39, 0.29) is 30.3 Å². The summed E-state index contributed by atoms with van der Waals surface area (Å²) in [6.45, 7) is 5.79. The summed E-state index contributed by atoms with van der Waals surface area (Å²) in [5.41, 5.74) is 2.75. The summed E-state index contributed by atoms with van der Waals surface area (Å²) < 4.78 is 19.9. The first-order valence-corrected chi connectivity index (χ1v) is 13.8. The van der Waals surface area contributed by atoms with Crippen LogP contribution in [0.25, 0.3) is 17.0 Å². The summed E-state index contributed by atoms with van der Waals surface area (Å²) in [6, 6.07) is 14.2. The summed E-state index contributed by atoms with van der Waals surface area (Å²) in [6.07, 6.45) is 3.64. The fourth-order valence-electron chi connectivity index (χ4n) is 4.99. The van der Waals surface area contributed by atoms with Crippen molar-refractivity contribution in [2.24, 2.45) is 4.99 Å². The van der Waals surface area contributed by atoms with Gasteiger partial charge in [-0.1, -0.05) is 47.7 Å². The van der Waals surface area contributed by atoms with Crippen molar-refractivity contribution in [2.75, 3.05) is 20.3 Å². The molecule has 206 valence electrons. The number of nitrogens with zero attached hydrogens (tertiary/aromatic N) is 3. The van der Waals surface area contributed by atoms with E-state index in [9.17, 15) is 14.4 Å². The predicted molar refractivity (Wildman–Crippen MR) is 152 cm³/mol. The Balaban J connectivity index is 1.71. The Kier molecular flexibility index (Phi) is 7.70. The smallest absolute Gasteiger partial charge is 0.338 e. The Morgan fingerprint density at radius 1 is 1.05 bits per heavy atom. The zero-order valence-corrected chi connectivity index (χ0v) is 23.5. The standard InChI is InChI=1S/C30H29N3O6S/c1-5-38-25(34)17-32-16-19(20-11-7-9-13-22(20)32)15-24-28(35)33-27(21-12-8-10-14-23(21)37-4)26(29(36)39-6-2)18(3)31-30(33)40-24/h7-16,27H,5-6,17H2,1-4H3/b24-15-/t27-/m0/s1. The molecule has 4 aromatic rings. The molecule has 9 nitrogen and oxygen atoms in total. The van der Waals surface area contributed by atoms with Crippen molar-refractivity contribution in [2.45, 2.75) is 33.4 Å². The van der Waals surface area contributed by atoms with Crippen molar-refractivity contribution in [1.29, 1.82) is 0 Å². The van der Waals surface area contributed by atoms with Gasteiger partial charge in [0.25, 0.3) is 5.56 Å². The monoisotopic (exact) mass is 559 g/mol. The van der Waals surface area contributed by atoms with Gasteiger partial charge in [-0.2, -0.15) is 0 Å². The third-order valence-corrected chi connectivity index (χ3v) is 7.64. The molecule has 0 fully saturated rings. The lowest BCUT2D eigenvalue weighted by atomic mass is 9.95. The van der Waals surface area contributed by atoms with Gasteiger partial charge in [0.2, 0.25) is 0 Å². The van der Waals surface area contributed by atoms with E-state index in [2.05, 4.69) is 4.99 Å². The average molecular weight is 560 g/mol. The molecule has 1 atom stereocenters. The molecular weight excluding hydrogens is 530 g/mol. The largest absolute Gasteiger partial charge is 0.496 e. The number of fused-ring (bicyclic) bond motifs is 2. The molecule has 0 N–H and O–H groups in total. The highest BCUT2D eigenvalue weighted by Gasteiger charge is 2.35. The first-order chi connectivity index (χ1) is 19.4. The molecule has 0 saturated heterocycles. The second-order valence-corrected chi connectivity index (χ2v) is 10.1. The van der Waals surface area contributed by atoms with Gasteiger partial charge in [0, 0.05) is 28.2 Å². The topological polar surface area (TPSA) is 101 Å². The number of thiazole rings is 1. The van der Waals surface area contributed by atoms with Crippen LogP contribution in [0.15, 0.2) is 75.8 Å². The Hall–Kier alpha value is -4.44. The lowest BCUT2D eigenvalue weighted by Gasteiger charge is -2.25. The maximum Gasteiger partial charge on any atom is 0.338 e. The molecule has 0 aliphatic carbocycles. The van der Waals surface area contributed by atoms with Gasteiger partial charge in [-0.25, -0.2) is 9.79 Å². The van der Waals surface area contributed by atoms with Gasteiger partial charge >= 0.3 is 11.9 Å². The van der Waals surface area contributed by atoms with Gasteiger partial charge in [0.1, 0.15) is 18.3 Å². The number of allylic oxidation sites excluding steroid dienone is 1. The number of hydrogen-bond acceptors (Lipinski definition) is 8. The number of methoxy groups -OCH3 is 1. The number of para-hydroxylation sites is 2. The summed E-state index contributed by atoms with van der Waals surface area (Å²) in [5.74, 6) is -0.329. The molecule has 0 radical (unpaired) electrons. The number of carbonyl (C=O) groups is 2. The molecule has 3 heterocycles. The number of hydrogen-bond donors (Lipinski definition) is 0. The van der Waals surface area contributed by atoms with Crippen LogP contribution in [-0.4, -0.2) is 41.4 Å². The normalized spacial score (nSPS) is 15.1. The molecule has 1 aliphatic heterocycles. The first kappa shape index (κ1) is 27.1. The molecule has 2 aromatic heterocycles. The fraction of sp³-hybridized carbons (Fsp3) is 0.267. The molecule has 2 aromatic carbocycles. The number of benzene rings is 2. The maximum absolute atomic E-state index is 14.0. The van der Waals surface area contributed by atoms with E-state index in [0.717, 1.165) is 16.5 Å². The Bertz CT molecular complexity index is 1830. The molecule has 5 rings (SSSR count). The minimum Gasteiger partial charge on any atom is -0.496 e. The van der Waals surface area contributed by atoms with Gasteiger partial charge in [0.15, 0.2) is 4.80 Å². The summed E-state index contributed by atoms with van der Waals surface area (Å²) >= 11 is 1.24. The lowest BCUT2D eigenvalue weighted by molar-refractivity contribution is -0.143. The highest BCUT2D eigenvalue weighted by Crippen LogP contribution is 2.35. The second kappa shape index (κ2) is 11.4. The minimum atomic E-state index is -0.779. The zero-order valence-electron chi connectivity index (χ0n) is 22.7. The number of rotatable bonds is 8. The highest BCUT2D eigenvalue weighted by molar-refractivity contribution is 7.07. The Morgan fingerprint density at radius 3 is 2.52 bits per heavy atom. The lowest BCUT2D eigenvalue weighted by Crippen LogP contribution is -2.40. The van der Waals surface area contributed by atoms with Gasteiger partial charge in [-0.15, -0.1) is 0 Å². The van der Waals surface area contributed by atoms with E-state index in [4.69, 9.17) is 14.2 Å². The molecule has 0 saturated carbocycles. The molecule has 10 heteroatoms. The minimum absolute atomic E-state index is 0.0549. The van der Waals surface area contributed by atoms with Crippen LogP contribution in [0.3, 0.4) is 0 Å². The number of esters is 2. The van der Waals surface area contributed by atoms with Crippen LogP contribution in [0.1, 0.15) is 37.9 Å². The van der Waals surface area contributed by atoms with Crippen LogP contribution >= 0.6 is 11.3 Å². The van der Waals surface area contributed by atoms with Gasteiger partial charge in [-0.05, 0) is 39.0 Å². The van der Waals surface area contributed by atoms with Crippen molar-refractivity contribution >= 4 is 40.3 Å². The van der Waals surface area contributed by atoms with Gasteiger partial charge in [-0.3, -0.25) is 14.2 Å². The maximum atomic E-state index is 14.0. The molecular formula is C30H29N3O6S.